The van der Waals surface area contributed by atoms with Gasteiger partial charge in [-0.2, -0.15) is 0 Å². The van der Waals surface area contributed by atoms with E-state index in [0.717, 1.165) is 0 Å². The first kappa shape index (κ1) is 11.1. The van der Waals surface area contributed by atoms with Crippen LogP contribution in [0.5, 0.6) is 0 Å². The maximum Gasteiger partial charge on any atom is 0.141 e. The molecule has 76 valence electrons. The second kappa shape index (κ2) is 4.50. The quantitative estimate of drug-likeness (QED) is 0.457. The van der Waals surface area contributed by atoms with E-state index in [-0.39, 0.29) is 4.47 Å². The third-order valence-electron chi connectivity index (χ3n) is 1.63. The summed E-state index contributed by atoms with van der Waals surface area (Å²) in [7, 11) is 1.37. The van der Waals surface area contributed by atoms with Crippen LogP contribution in [0.4, 0.5) is 8.78 Å². The molecule has 0 saturated carbocycles. The Morgan fingerprint density at radius 1 is 1.36 bits per heavy atom. The predicted molar refractivity (Wildman–Crippen MR) is 53.3 cm³/mol. The van der Waals surface area contributed by atoms with E-state index in [1.165, 1.54) is 19.2 Å². The van der Waals surface area contributed by atoms with Crippen molar-refractivity contribution in [1.82, 2.24) is 0 Å². The molecule has 0 saturated heterocycles. The van der Waals surface area contributed by atoms with Gasteiger partial charge in [0.25, 0.3) is 0 Å². The van der Waals surface area contributed by atoms with E-state index in [2.05, 4.69) is 25.9 Å². The van der Waals surface area contributed by atoms with E-state index in [1.54, 1.807) is 6.92 Å². The van der Waals surface area contributed by atoms with Gasteiger partial charge in [-0.25, -0.2) is 8.78 Å². The van der Waals surface area contributed by atoms with Gasteiger partial charge in [0.2, 0.25) is 0 Å². The molecular weight excluding hydrogens is 256 g/mol. The molecule has 0 bridgehead atoms. The van der Waals surface area contributed by atoms with Crippen LogP contribution in [0.1, 0.15) is 12.5 Å². The number of hydrogen-bond donors (Lipinski definition) is 0. The first-order valence-corrected chi connectivity index (χ1v) is 4.58. The van der Waals surface area contributed by atoms with Crippen molar-refractivity contribution < 1.29 is 13.6 Å². The zero-order chi connectivity index (χ0) is 10.7. The summed E-state index contributed by atoms with van der Waals surface area (Å²) in [4.78, 5) is 4.50. The van der Waals surface area contributed by atoms with Gasteiger partial charge in [-0.3, -0.25) is 0 Å². The first-order chi connectivity index (χ1) is 6.56. The molecule has 1 rings (SSSR count). The highest BCUT2D eigenvalue weighted by atomic mass is 79.9. The molecule has 0 N–H and O–H groups in total. The van der Waals surface area contributed by atoms with Crippen molar-refractivity contribution in [2.45, 2.75) is 6.92 Å². The predicted octanol–water partition coefficient (Wildman–Crippen LogP) is 3.10. The molecule has 1 aromatic carbocycles. The Morgan fingerprint density at radius 3 is 2.29 bits per heavy atom. The van der Waals surface area contributed by atoms with Crippen molar-refractivity contribution in [3.05, 3.63) is 33.8 Å². The summed E-state index contributed by atoms with van der Waals surface area (Å²) in [5.41, 5.74) is 0.767. The normalized spacial score (nSPS) is 11.6. The van der Waals surface area contributed by atoms with Crippen molar-refractivity contribution in [3.63, 3.8) is 0 Å². The highest BCUT2D eigenvalue weighted by molar-refractivity contribution is 9.10. The summed E-state index contributed by atoms with van der Waals surface area (Å²) in [6.45, 7) is 1.60. The zero-order valence-corrected chi connectivity index (χ0v) is 9.23. The van der Waals surface area contributed by atoms with Crippen LogP contribution in [0.15, 0.2) is 21.8 Å². The summed E-state index contributed by atoms with van der Waals surface area (Å²) in [5, 5.41) is 3.57. The topological polar surface area (TPSA) is 21.6 Å². The van der Waals surface area contributed by atoms with Crippen LogP contribution in [-0.2, 0) is 4.84 Å². The van der Waals surface area contributed by atoms with Gasteiger partial charge in [-0.1, -0.05) is 5.16 Å². The van der Waals surface area contributed by atoms with Crippen LogP contribution in [0.3, 0.4) is 0 Å². The van der Waals surface area contributed by atoms with E-state index < -0.39 is 11.6 Å². The van der Waals surface area contributed by atoms with Crippen molar-refractivity contribution in [1.29, 1.82) is 0 Å². The second-order valence-corrected chi connectivity index (χ2v) is 3.41. The molecule has 0 spiro atoms. The molecule has 0 aliphatic rings. The zero-order valence-electron chi connectivity index (χ0n) is 7.64. The first-order valence-electron chi connectivity index (χ1n) is 3.79. The molecule has 5 heteroatoms. The Bertz CT molecular complexity index is 356. The molecule has 1 aromatic rings. The van der Waals surface area contributed by atoms with Gasteiger partial charge in [0.15, 0.2) is 0 Å². The Kier molecular flexibility index (Phi) is 3.57. The lowest BCUT2D eigenvalue weighted by molar-refractivity contribution is 0.213. The van der Waals surface area contributed by atoms with Gasteiger partial charge < -0.3 is 4.84 Å². The largest absolute Gasteiger partial charge is 0.399 e. The van der Waals surface area contributed by atoms with E-state index in [1.807, 2.05) is 0 Å². The van der Waals surface area contributed by atoms with Gasteiger partial charge in [-0.05, 0) is 35.0 Å². The molecule has 0 amide bonds. The second-order valence-electron chi connectivity index (χ2n) is 2.61. The fraction of sp³-hybridized carbons (Fsp3) is 0.222. The summed E-state index contributed by atoms with van der Waals surface area (Å²) in [6.07, 6.45) is 0. The Morgan fingerprint density at radius 2 is 1.86 bits per heavy atom. The molecule has 0 unspecified atom stereocenters. The molecule has 0 aliphatic heterocycles. The lowest BCUT2D eigenvalue weighted by Gasteiger charge is -2.02. The SMILES string of the molecule is CO/N=C(/C)c1cc(F)c(Br)c(F)c1. The molecule has 0 radical (unpaired) electrons. The molecule has 0 heterocycles. The Balaban J connectivity index is 3.19. The van der Waals surface area contributed by atoms with E-state index >= 15 is 0 Å². The van der Waals surface area contributed by atoms with Gasteiger partial charge in [0.05, 0.1) is 10.2 Å². The average Bonchev–Trinajstić information content (AvgIpc) is 2.13. The van der Waals surface area contributed by atoms with Crippen molar-refractivity contribution in [2.75, 3.05) is 7.11 Å². The van der Waals surface area contributed by atoms with Crippen LogP contribution < -0.4 is 0 Å². The van der Waals surface area contributed by atoms with Crippen molar-refractivity contribution in [3.8, 4) is 0 Å². The molecule has 0 aromatic heterocycles. The third-order valence-corrected chi connectivity index (χ3v) is 2.39. The van der Waals surface area contributed by atoms with Crippen LogP contribution in [0, 0.1) is 11.6 Å². The monoisotopic (exact) mass is 263 g/mol. The van der Waals surface area contributed by atoms with Gasteiger partial charge in [0.1, 0.15) is 18.7 Å². The average molecular weight is 264 g/mol. The summed E-state index contributed by atoms with van der Waals surface area (Å²) in [5.74, 6) is -1.32. The number of hydrogen-bond acceptors (Lipinski definition) is 2. The number of rotatable bonds is 2. The highest BCUT2D eigenvalue weighted by Gasteiger charge is 2.09. The number of oxime groups is 1. The van der Waals surface area contributed by atoms with Crippen molar-refractivity contribution in [2.24, 2.45) is 5.16 Å². The Labute approximate surface area is 88.7 Å². The minimum atomic E-state index is -0.661. The van der Waals surface area contributed by atoms with E-state index in [9.17, 15) is 8.78 Å². The van der Waals surface area contributed by atoms with Gasteiger partial charge >= 0.3 is 0 Å². The number of halogens is 3. The van der Waals surface area contributed by atoms with Crippen LogP contribution in [0.25, 0.3) is 0 Å². The fourth-order valence-electron chi connectivity index (χ4n) is 0.954. The van der Waals surface area contributed by atoms with E-state index in [4.69, 9.17) is 0 Å². The van der Waals surface area contributed by atoms with Crippen LogP contribution in [-0.4, -0.2) is 12.8 Å². The standard InChI is InChI=1S/C9H8BrF2NO/c1-5(13-14-2)6-3-7(11)9(10)8(12)4-6/h3-4H,1-2H3/b13-5-. The van der Waals surface area contributed by atoms with Gasteiger partial charge in [0, 0.05) is 5.56 Å². The maximum absolute atomic E-state index is 13.1. The number of benzene rings is 1. The summed E-state index contributed by atoms with van der Waals surface area (Å²) >= 11 is 2.78. The minimum absolute atomic E-state index is 0.175. The fourth-order valence-corrected chi connectivity index (χ4v) is 1.18. The summed E-state index contributed by atoms with van der Waals surface area (Å²) in [6, 6.07) is 2.37. The summed E-state index contributed by atoms with van der Waals surface area (Å²) < 4.78 is 25.9. The Hall–Kier alpha value is -0.970. The molecule has 2 nitrogen and oxygen atoms in total. The van der Waals surface area contributed by atoms with Crippen molar-refractivity contribution >= 4 is 21.6 Å². The lowest BCUT2D eigenvalue weighted by atomic mass is 10.1. The van der Waals surface area contributed by atoms with Crippen LogP contribution >= 0.6 is 15.9 Å². The van der Waals surface area contributed by atoms with E-state index in [0.29, 0.717) is 11.3 Å². The molecule has 0 fully saturated rings. The maximum atomic E-state index is 13.1. The van der Waals surface area contributed by atoms with Gasteiger partial charge in [-0.15, -0.1) is 0 Å². The molecular formula is C9H8BrF2NO. The minimum Gasteiger partial charge on any atom is -0.399 e. The lowest BCUT2D eigenvalue weighted by Crippen LogP contribution is -1.98. The highest BCUT2D eigenvalue weighted by Crippen LogP contribution is 2.21. The smallest absolute Gasteiger partial charge is 0.141 e. The molecule has 14 heavy (non-hydrogen) atoms. The number of nitrogens with zero attached hydrogens (tertiary/aromatic N) is 1. The van der Waals surface area contributed by atoms with Crippen LogP contribution in [0.2, 0.25) is 0 Å². The third kappa shape index (κ3) is 2.29. The molecule has 0 atom stereocenters. The molecule has 0 aliphatic carbocycles.